The third-order valence-electron chi connectivity index (χ3n) is 1.79. The summed E-state index contributed by atoms with van der Waals surface area (Å²) in [5.74, 6) is 0.970. The molecule has 0 saturated heterocycles. The molecule has 12 heavy (non-hydrogen) atoms. The molecule has 0 aliphatic rings. The summed E-state index contributed by atoms with van der Waals surface area (Å²) in [4.78, 5) is 6.28. The molecule has 68 valence electrons. The van der Waals surface area contributed by atoms with E-state index in [4.69, 9.17) is 0 Å². The normalized spacial score (nSPS) is 11.0. The van der Waals surface area contributed by atoms with Gasteiger partial charge in [-0.15, -0.1) is 0 Å². The van der Waals surface area contributed by atoms with E-state index in [1.165, 1.54) is 6.42 Å². The topological polar surface area (TPSA) is 34.0 Å². The van der Waals surface area contributed by atoms with Gasteiger partial charge in [0.05, 0.1) is 6.67 Å². The lowest BCUT2D eigenvalue weighted by Crippen LogP contribution is -2.24. The largest absolute Gasteiger partial charge is 0.287 e. The van der Waals surface area contributed by atoms with Gasteiger partial charge in [0.2, 0.25) is 0 Å². The van der Waals surface area contributed by atoms with Crippen molar-refractivity contribution in [1.29, 1.82) is 0 Å². The van der Waals surface area contributed by atoms with E-state index >= 15 is 0 Å². The van der Waals surface area contributed by atoms with E-state index in [9.17, 15) is 0 Å². The van der Waals surface area contributed by atoms with Gasteiger partial charge >= 0.3 is 0 Å². The molecule has 1 aromatic rings. The highest BCUT2D eigenvalue weighted by atomic mass is 15.4. The zero-order valence-corrected chi connectivity index (χ0v) is 7.99. The summed E-state index contributed by atoms with van der Waals surface area (Å²) >= 11 is 0. The minimum atomic E-state index is 0.833. The predicted molar refractivity (Wildman–Crippen MR) is 47.7 cm³/mol. The van der Waals surface area contributed by atoms with Crippen LogP contribution in [0.4, 0.5) is 0 Å². The van der Waals surface area contributed by atoms with Crippen LogP contribution in [0.3, 0.4) is 0 Å². The van der Waals surface area contributed by atoms with E-state index in [2.05, 4.69) is 29.0 Å². The molecule has 0 aliphatic heterocycles. The van der Waals surface area contributed by atoms with Crippen LogP contribution in [0, 0.1) is 6.92 Å². The summed E-state index contributed by atoms with van der Waals surface area (Å²) in [6.07, 6.45) is 2.76. The molecular weight excluding hydrogens is 152 g/mol. The molecule has 0 aromatic carbocycles. The van der Waals surface area contributed by atoms with Crippen LogP contribution in [-0.2, 0) is 6.67 Å². The lowest BCUT2D eigenvalue weighted by Gasteiger charge is -2.15. The Morgan fingerprint density at radius 1 is 1.58 bits per heavy atom. The molecule has 0 aliphatic carbocycles. The van der Waals surface area contributed by atoms with Crippen molar-refractivity contribution in [3.05, 3.63) is 12.2 Å². The molecule has 0 bridgehead atoms. The fourth-order valence-electron chi connectivity index (χ4n) is 1.14. The van der Waals surface area contributed by atoms with Gasteiger partial charge in [0.1, 0.15) is 12.2 Å². The van der Waals surface area contributed by atoms with Gasteiger partial charge < -0.3 is 0 Å². The van der Waals surface area contributed by atoms with Crippen LogP contribution in [-0.4, -0.2) is 33.3 Å². The first-order valence-corrected chi connectivity index (χ1v) is 4.27. The second-order valence-corrected chi connectivity index (χ2v) is 3.03. The van der Waals surface area contributed by atoms with E-state index in [1.54, 1.807) is 6.33 Å². The Hall–Kier alpha value is -0.900. The lowest BCUT2D eigenvalue weighted by atomic mass is 10.4. The Morgan fingerprint density at radius 3 is 2.83 bits per heavy atom. The summed E-state index contributed by atoms with van der Waals surface area (Å²) in [6.45, 7) is 6.07. The molecule has 0 fully saturated rings. The maximum absolute atomic E-state index is 4.10. The van der Waals surface area contributed by atoms with Crippen molar-refractivity contribution in [3.8, 4) is 0 Å². The molecule has 0 unspecified atom stereocenters. The van der Waals surface area contributed by atoms with Crippen LogP contribution in [0.15, 0.2) is 6.33 Å². The number of nitrogens with zero attached hydrogens (tertiary/aromatic N) is 4. The second-order valence-electron chi connectivity index (χ2n) is 3.03. The fraction of sp³-hybridized carbons (Fsp3) is 0.750. The van der Waals surface area contributed by atoms with Crippen LogP contribution in [0.5, 0.6) is 0 Å². The first kappa shape index (κ1) is 9.19. The van der Waals surface area contributed by atoms with Crippen molar-refractivity contribution in [2.75, 3.05) is 13.6 Å². The minimum Gasteiger partial charge on any atom is -0.287 e. The third-order valence-corrected chi connectivity index (χ3v) is 1.79. The Kier molecular flexibility index (Phi) is 3.22. The Bertz CT molecular complexity index is 231. The van der Waals surface area contributed by atoms with Crippen molar-refractivity contribution >= 4 is 0 Å². The smallest absolute Gasteiger partial charge is 0.138 e. The molecule has 1 rings (SSSR count). The zero-order valence-electron chi connectivity index (χ0n) is 7.99. The third kappa shape index (κ3) is 2.30. The average Bonchev–Trinajstić information content (AvgIpc) is 2.37. The summed E-state index contributed by atoms with van der Waals surface area (Å²) in [5, 5.41) is 4.10. The van der Waals surface area contributed by atoms with Gasteiger partial charge in [-0.3, -0.25) is 4.90 Å². The molecule has 0 N–H and O–H groups in total. The van der Waals surface area contributed by atoms with Gasteiger partial charge in [0, 0.05) is 0 Å². The summed E-state index contributed by atoms with van der Waals surface area (Å²) in [5.41, 5.74) is 0. The molecule has 0 atom stereocenters. The molecule has 0 amide bonds. The summed E-state index contributed by atoms with van der Waals surface area (Å²) < 4.78 is 1.90. The van der Waals surface area contributed by atoms with Gasteiger partial charge in [-0.2, -0.15) is 5.10 Å². The Balaban J connectivity index is 2.46. The highest BCUT2D eigenvalue weighted by Crippen LogP contribution is 1.94. The highest BCUT2D eigenvalue weighted by Gasteiger charge is 2.00. The molecule has 1 heterocycles. The van der Waals surface area contributed by atoms with E-state index in [0.717, 1.165) is 19.0 Å². The Labute approximate surface area is 73.2 Å². The van der Waals surface area contributed by atoms with E-state index in [0.29, 0.717) is 0 Å². The van der Waals surface area contributed by atoms with Crippen molar-refractivity contribution in [2.24, 2.45) is 0 Å². The van der Waals surface area contributed by atoms with Crippen LogP contribution < -0.4 is 0 Å². The number of rotatable bonds is 4. The highest BCUT2D eigenvalue weighted by molar-refractivity contribution is 4.77. The van der Waals surface area contributed by atoms with Crippen molar-refractivity contribution < 1.29 is 0 Å². The molecule has 4 nitrogen and oxygen atoms in total. The van der Waals surface area contributed by atoms with Gasteiger partial charge in [0.25, 0.3) is 0 Å². The maximum Gasteiger partial charge on any atom is 0.138 e. The SMILES string of the molecule is CCCN(C)Cn1ncnc1C. The Morgan fingerprint density at radius 2 is 2.33 bits per heavy atom. The maximum atomic E-state index is 4.10. The molecule has 1 aromatic heterocycles. The van der Waals surface area contributed by atoms with Crippen LogP contribution >= 0.6 is 0 Å². The number of hydrogen-bond donors (Lipinski definition) is 0. The van der Waals surface area contributed by atoms with E-state index in [-0.39, 0.29) is 0 Å². The standard InChI is InChI=1S/C8H16N4/c1-4-5-11(3)7-12-8(2)9-6-10-12/h6H,4-5,7H2,1-3H3. The van der Waals surface area contributed by atoms with Gasteiger partial charge in [0.15, 0.2) is 0 Å². The van der Waals surface area contributed by atoms with E-state index in [1.807, 2.05) is 11.6 Å². The molecule has 4 heteroatoms. The van der Waals surface area contributed by atoms with E-state index < -0.39 is 0 Å². The number of hydrogen-bond acceptors (Lipinski definition) is 3. The monoisotopic (exact) mass is 168 g/mol. The first-order chi connectivity index (χ1) is 5.74. The summed E-state index contributed by atoms with van der Waals surface area (Å²) in [6, 6.07) is 0. The number of aromatic nitrogens is 3. The van der Waals surface area contributed by atoms with Gasteiger partial charge in [-0.25, -0.2) is 9.67 Å². The van der Waals surface area contributed by atoms with Crippen molar-refractivity contribution in [3.63, 3.8) is 0 Å². The van der Waals surface area contributed by atoms with Gasteiger partial charge in [-0.1, -0.05) is 6.92 Å². The fourth-order valence-corrected chi connectivity index (χ4v) is 1.14. The quantitative estimate of drug-likeness (QED) is 0.669. The van der Waals surface area contributed by atoms with Crippen molar-refractivity contribution in [2.45, 2.75) is 26.9 Å². The molecule has 0 spiro atoms. The number of aryl methyl sites for hydroxylation is 1. The van der Waals surface area contributed by atoms with Crippen molar-refractivity contribution in [1.82, 2.24) is 19.7 Å². The zero-order chi connectivity index (χ0) is 8.97. The predicted octanol–water partition coefficient (Wildman–Crippen LogP) is 0.886. The molecule has 0 radical (unpaired) electrons. The van der Waals surface area contributed by atoms with Crippen LogP contribution in [0.1, 0.15) is 19.2 Å². The summed E-state index contributed by atoms with van der Waals surface area (Å²) in [7, 11) is 2.09. The first-order valence-electron chi connectivity index (χ1n) is 4.27. The average molecular weight is 168 g/mol. The second kappa shape index (κ2) is 4.21. The lowest BCUT2D eigenvalue weighted by molar-refractivity contribution is 0.251. The minimum absolute atomic E-state index is 0.833. The van der Waals surface area contributed by atoms with Crippen LogP contribution in [0.25, 0.3) is 0 Å². The molecule has 0 saturated carbocycles. The molecular formula is C8H16N4. The van der Waals surface area contributed by atoms with Crippen LogP contribution in [0.2, 0.25) is 0 Å². The van der Waals surface area contributed by atoms with Gasteiger partial charge in [-0.05, 0) is 26.9 Å².